The van der Waals surface area contributed by atoms with Crippen LogP contribution in [0.1, 0.15) is 29.2 Å². The van der Waals surface area contributed by atoms with E-state index in [0.717, 1.165) is 30.2 Å². The van der Waals surface area contributed by atoms with Crippen molar-refractivity contribution in [2.75, 3.05) is 42.9 Å². The first kappa shape index (κ1) is 25.2. The highest BCUT2D eigenvalue weighted by Gasteiger charge is 2.29. The summed E-state index contributed by atoms with van der Waals surface area (Å²) in [5.74, 6) is -2.03. The normalized spacial score (nSPS) is 16.0. The Morgan fingerprint density at radius 1 is 1.10 bits per heavy atom. The van der Waals surface area contributed by atoms with Crippen LogP contribution in [-0.4, -0.2) is 64.2 Å². The summed E-state index contributed by atoms with van der Waals surface area (Å²) in [5, 5.41) is 14.9. The molecule has 1 saturated carbocycles. The lowest BCUT2D eigenvalue weighted by Crippen LogP contribution is -2.49. The van der Waals surface area contributed by atoms with Gasteiger partial charge in [0.25, 0.3) is 0 Å². The molecule has 2 aliphatic rings. The number of halogens is 1. The third-order valence-corrected chi connectivity index (χ3v) is 7.93. The van der Waals surface area contributed by atoms with Crippen molar-refractivity contribution in [2.45, 2.75) is 18.9 Å². The number of carboxylic acids is 1. The molecule has 0 spiro atoms. The van der Waals surface area contributed by atoms with Gasteiger partial charge in [0, 0.05) is 54.7 Å². The minimum absolute atomic E-state index is 0.0796. The molecule has 0 bridgehead atoms. The fourth-order valence-electron chi connectivity index (χ4n) is 4.99. The highest BCUT2D eigenvalue weighted by Crippen LogP contribution is 2.38. The number of carbonyl (C=O) groups is 2. The SMILES string of the molecule is O=C(CN1CCN(c2cc3c(cc2F)c(=O)c(C(=O)O)cn3C2CC2)CC1)Nc1nc(-c2ccccc2)cs1. The van der Waals surface area contributed by atoms with Gasteiger partial charge in [0.05, 0.1) is 23.4 Å². The molecule has 3 heterocycles. The molecule has 39 heavy (non-hydrogen) atoms. The van der Waals surface area contributed by atoms with Crippen LogP contribution in [0.15, 0.2) is 58.8 Å². The van der Waals surface area contributed by atoms with Crippen molar-refractivity contribution in [3.05, 3.63) is 75.6 Å². The maximum Gasteiger partial charge on any atom is 0.341 e. The van der Waals surface area contributed by atoms with Crippen molar-refractivity contribution in [1.82, 2.24) is 14.5 Å². The number of nitrogens with zero attached hydrogens (tertiary/aromatic N) is 4. The van der Waals surface area contributed by atoms with Crippen LogP contribution in [0.4, 0.5) is 15.2 Å². The molecule has 0 unspecified atom stereocenters. The Kier molecular flexibility index (Phi) is 6.61. The lowest BCUT2D eigenvalue weighted by atomic mass is 10.1. The van der Waals surface area contributed by atoms with Crippen molar-refractivity contribution in [1.29, 1.82) is 0 Å². The second kappa shape index (κ2) is 10.2. The maximum absolute atomic E-state index is 15.2. The topological polar surface area (TPSA) is 108 Å². The van der Waals surface area contributed by atoms with E-state index in [0.29, 0.717) is 42.5 Å². The Morgan fingerprint density at radius 2 is 1.85 bits per heavy atom. The van der Waals surface area contributed by atoms with Gasteiger partial charge in [-0.2, -0.15) is 0 Å². The minimum Gasteiger partial charge on any atom is -0.477 e. The van der Waals surface area contributed by atoms with Crippen LogP contribution in [0.3, 0.4) is 0 Å². The van der Waals surface area contributed by atoms with Gasteiger partial charge in [-0.25, -0.2) is 14.2 Å². The Labute approximate surface area is 227 Å². The summed E-state index contributed by atoms with van der Waals surface area (Å²) >= 11 is 1.38. The molecule has 6 rings (SSSR count). The molecule has 0 radical (unpaired) electrons. The minimum atomic E-state index is -1.31. The summed E-state index contributed by atoms with van der Waals surface area (Å²) in [6.07, 6.45) is 3.16. The number of thiazole rings is 1. The maximum atomic E-state index is 15.2. The van der Waals surface area contributed by atoms with Crippen LogP contribution in [0.5, 0.6) is 0 Å². The molecule has 2 N–H and O–H groups in total. The molecule has 1 amide bonds. The molecular formula is C28H26FN5O4S. The monoisotopic (exact) mass is 547 g/mol. The number of hydrogen-bond acceptors (Lipinski definition) is 7. The number of nitrogens with one attached hydrogen (secondary N) is 1. The summed E-state index contributed by atoms with van der Waals surface area (Å²) in [5.41, 5.74) is 1.70. The Morgan fingerprint density at radius 3 is 2.54 bits per heavy atom. The van der Waals surface area contributed by atoms with Crippen LogP contribution in [0, 0.1) is 5.82 Å². The molecule has 2 aromatic heterocycles. The fourth-order valence-corrected chi connectivity index (χ4v) is 5.73. The molecular weight excluding hydrogens is 521 g/mol. The van der Waals surface area contributed by atoms with Gasteiger partial charge < -0.3 is 19.9 Å². The first-order valence-electron chi connectivity index (χ1n) is 12.8. The summed E-state index contributed by atoms with van der Waals surface area (Å²) in [6, 6.07) is 12.7. The molecule has 9 nitrogen and oxygen atoms in total. The number of rotatable bonds is 7. The number of aromatic nitrogens is 2. The number of carboxylic acid groups (broad SMARTS) is 1. The van der Waals surface area contributed by atoms with Crippen LogP contribution >= 0.6 is 11.3 Å². The number of hydrogen-bond donors (Lipinski definition) is 2. The Hall–Kier alpha value is -4.09. The molecule has 2 fully saturated rings. The summed E-state index contributed by atoms with van der Waals surface area (Å²) < 4.78 is 17.0. The highest BCUT2D eigenvalue weighted by molar-refractivity contribution is 7.14. The van der Waals surface area contributed by atoms with Gasteiger partial charge in [-0.1, -0.05) is 30.3 Å². The van der Waals surface area contributed by atoms with E-state index in [-0.39, 0.29) is 29.4 Å². The molecule has 1 aliphatic heterocycles. The second-order valence-electron chi connectivity index (χ2n) is 9.85. The van der Waals surface area contributed by atoms with Crippen LogP contribution < -0.4 is 15.6 Å². The summed E-state index contributed by atoms with van der Waals surface area (Å²) in [4.78, 5) is 45.4. The van der Waals surface area contributed by atoms with Gasteiger partial charge in [0.1, 0.15) is 11.4 Å². The zero-order valence-electron chi connectivity index (χ0n) is 21.0. The van der Waals surface area contributed by atoms with Crippen LogP contribution in [-0.2, 0) is 4.79 Å². The van der Waals surface area contributed by atoms with Gasteiger partial charge in [0.15, 0.2) is 5.13 Å². The van der Waals surface area contributed by atoms with E-state index < -0.39 is 17.2 Å². The number of benzene rings is 2. The quantitative estimate of drug-likeness (QED) is 0.359. The number of pyridine rings is 1. The van der Waals surface area contributed by atoms with Crippen LogP contribution in [0.2, 0.25) is 0 Å². The average molecular weight is 548 g/mol. The molecule has 11 heteroatoms. The Bertz CT molecular complexity index is 1620. The van der Waals surface area contributed by atoms with Crippen LogP contribution in [0.25, 0.3) is 22.2 Å². The lowest BCUT2D eigenvalue weighted by molar-refractivity contribution is -0.117. The second-order valence-corrected chi connectivity index (χ2v) is 10.7. The van der Waals surface area contributed by atoms with Crippen molar-refractivity contribution in [3.63, 3.8) is 0 Å². The molecule has 1 aliphatic carbocycles. The third kappa shape index (κ3) is 5.15. The summed E-state index contributed by atoms with van der Waals surface area (Å²) in [6.45, 7) is 2.34. The lowest BCUT2D eigenvalue weighted by Gasteiger charge is -2.36. The van der Waals surface area contributed by atoms with Crippen molar-refractivity contribution >= 4 is 44.9 Å². The fraction of sp³-hybridized carbons (Fsp3) is 0.286. The third-order valence-electron chi connectivity index (χ3n) is 7.17. The van der Waals surface area contributed by atoms with Gasteiger partial charge >= 0.3 is 5.97 Å². The molecule has 2 aromatic carbocycles. The van der Waals surface area contributed by atoms with Gasteiger partial charge in [-0.3, -0.25) is 14.5 Å². The number of piperazine rings is 1. The van der Waals surface area contributed by atoms with E-state index >= 15 is 4.39 Å². The smallest absolute Gasteiger partial charge is 0.341 e. The van der Waals surface area contributed by atoms with E-state index in [1.165, 1.54) is 17.5 Å². The highest BCUT2D eigenvalue weighted by atomic mass is 32.1. The van der Waals surface area contributed by atoms with Gasteiger partial charge in [-0.05, 0) is 25.0 Å². The molecule has 0 atom stereocenters. The van der Waals surface area contributed by atoms with Crippen molar-refractivity contribution in [3.8, 4) is 11.3 Å². The van der Waals surface area contributed by atoms with Gasteiger partial charge in [0.2, 0.25) is 11.3 Å². The van der Waals surface area contributed by atoms with E-state index in [1.54, 1.807) is 10.6 Å². The zero-order chi connectivity index (χ0) is 27.1. The standard InChI is InChI=1S/C28H26FN5O4S/c29-21-12-19-23(34(18-6-7-18)14-20(26(19)36)27(37)38)13-24(21)33-10-8-32(9-11-33)15-25(35)31-28-30-22(16-39-28)17-4-2-1-3-5-17/h1-5,12-14,16,18H,6-11,15H2,(H,37,38)(H,30,31,35). The van der Waals surface area contributed by atoms with E-state index in [4.69, 9.17) is 0 Å². The van der Waals surface area contributed by atoms with E-state index in [9.17, 15) is 19.5 Å². The van der Waals surface area contributed by atoms with E-state index in [2.05, 4.69) is 10.3 Å². The van der Waals surface area contributed by atoms with E-state index in [1.807, 2.05) is 45.5 Å². The average Bonchev–Trinajstić information content (AvgIpc) is 3.67. The first-order chi connectivity index (χ1) is 18.9. The predicted molar refractivity (Wildman–Crippen MR) is 148 cm³/mol. The summed E-state index contributed by atoms with van der Waals surface area (Å²) in [7, 11) is 0. The number of anilines is 2. The number of aromatic carboxylic acids is 1. The molecule has 200 valence electrons. The number of amides is 1. The largest absolute Gasteiger partial charge is 0.477 e. The number of fused-ring (bicyclic) bond motifs is 1. The zero-order valence-corrected chi connectivity index (χ0v) is 21.8. The first-order valence-corrected chi connectivity index (χ1v) is 13.6. The molecule has 4 aromatic rings. The predicted octanol–water partition coefficient (Wildman–Crippen LogP) is 4.06. The number of carbonyl (C=O) groups excluding carboxylic acids is 1. The molecule has 1 saturated heterocycles. The van der Waals surface area contributed by atoms with Gasteiger partial charge in [-0.15, -0.1) is 11.3 Å². The Balaban J connectivity index is 1.12. The van der Waals surface area contributed by atoms with Crippen molar-refractivity contribution < 1.29 is 19.1 Å². The van der Waals surface area contributed by atoms with Crippen molar-refractivity contribution in [2.24, 2.45) is 0 Å².